The molecule has 4 heterocycles. The van der Waals surface area contributed by atoms with E-state index in [1.165, 1.54) is 17.5 Å². The van der Waals surface area contributed by atoms with E-state index >= 15 is 0 Å². The van der Waals surface area contributed by atoms with Crippen LogP contribution in [0.1, 0.15) is 0 Å². The molecule has 0 radical (unpaired) electrons. The van der Waals surface area contributed by atoms with Gasteiger partial charge >= 0.3 is 6.16 Å². The van der Waals surface area contributed by atoms with Gasteiger partial charge in [0.1, 0.15) is 5.82 Å². The average molecular weight is 417 g/mol. The molecule has 10 nitrogen and oxygen atoms in total. The zero-order chi connectivity index (χ0) is 20.5. The van der Waals surface area contributed by atoms with Gasteiger partial charge in [-0.3, -0.25) is 9.36 Å². The number of hydrogen-bond acceptors (Lipinski definition) is 9. The van der Waals surface area contributed by atoms with Crippen LogP contribution in [0.3, 0.4) is 0 Å². The molecule has 1 fully saturated rings. The number of rotatable bonds is 5. The van der Waals surface area contributed by atoms with E-state index in [2.05, 4.69) is 19.9 Å². The summed E-state index contributed by atoms with van der Waals surface area (Å²) in [5.41, 5.74) is -0.166. The first-order chi connectivity index (χ1) is 14.0. The molecule has 0 saturated carbocycles. The number of nitrogens with one attached hydrogen (secondary N) is 1. The quantitative estimate of drug-likeness (QED) is 0.592. The predicted octanol–water partition coefficient (Wildman–Crippen LogP) is 1.32. The van der Waals surface area contributed by atoms with Crippen molar-refractivity contribution in [1.82, 2.24) is 19.9 Å². The van der Waals surface area contributed by atoms with Gasteiger partial charge in [0.15, 0.2) is 16.5 Å². The second-order valence-electron chi connectivity index (χ2n) is 6.49. The number of anilines is 1. The lowest BCUT2D eigenvalue weighted by Gasteiger charge is -2.18. The van der Waals surface area contributed by atoms with Gasteiger partial charge in [-0.05, 0) is 19.2 Å². The molecular formula is C18H19N5O5S. The minimum Gasteiger partial charge on any atom is -0.449 e. The molecule has 3 aromatic rings. The van der Waals surface area contributed by atoms with Gasteiger partial charge in [-0.15, -0.1) is 11.3 Å². The minimum absolute atomic E-state index is 0.0185. The fourth-order valence-corrected chi connectivity index (χ4v) is 4.09. The zero-order valence-corrected chi connectivity index (χ0v) is 16.5. The van der Waals surface area contributed by atoms with Crippen molar-refractivity contribution < 1.29 is 19.4 Å². The Morgan fingerprint density at radius 2 is 2.21 bits per heavy atom. The number of likely N-dealkylation sites (N-methyl/N-ethyl adjacent to an activating group) is 1. The summed E-state index contributed by atoms with van der Waals surface area (Å²) in [5.74, 6) is 0.388. The SMILES string of the molecule is CNC1CN(c2ccc3c(=O)c(OC(=O)O)cn(-c4nccs4)c3n2)CC1OC. The Balaban J connectivity index is 1.85. The Hall–Kier alpha value is -3.02. The van der Waals surface area contributed by atoms with Crippen LogP contribution in [0.2, 0.25) is 0 Å². The van der Waals surface area contributed by atoms with Crippen molar-refractivity contribution in [2.75, 3.05) is 32.1 Å². The number of thiazole rings is 1. The van der Waals surface area contributed by atoms with Crippen LogP contribution < -0.4 is 20.4 Å². The second-order valence-corrected chi connectivity index (χ2v) is 7.36. The number of fused-ring (bicyclic) bond motifs is 1. The molecule has 0 aromatic carbocycles. The maximum absolute atomic E-state index is 12.7. The second kappa shape index (κ2) is 7.78. The van der Waals surface area contributed by atoms with Crippen LogP contribution in [-0.2, 0) is 4.74 Å². The molecule has 1 saturated heterocycles. The lowest BCUT2D eigenvalue weighted by Crippen LogP contribution is -2.37. The first-order valence-electron chi connectivity index (χ1n) is 8.84. The number of carbonyl (C=O) groups is 1. The number of hydrogen-bond donors (Lipinski definition) is 2. The maximum Gasteiger partial charge on any atom is 0.511 e. The number of methoxy groups -OCH3 is 1. The van der Waals surface area contributed by atoms with Gasteiger partial charge < -0.3 is 24.8 Å². The van der Waals surface area contributed by atoms with E-state index in [0.717, 1.165) is 0 Å². The highest BCUT2D eigenvalue weighted by atomic mass is 32.1. The molecular weight excluding hydrogens is 398 g/mol. The van der Waals surface area contributed by atoms with Gasteiger partial charge in [-0.2, -0.15) is 0 Å². The van der Waals surface area contributed by atoms with E-state index in [1.807, 2.05) is 7.05 Å². The monoisotopic (exact) mass is 417 g/mol. The highest BCUT2D eigenvalue weighted by Crippen LogP contribution is 2.25. The van der Waals surface area contributed by atoms with Gasteiger partial charge in [-0.25, -0.2) is 14.8 Å². The van der Waals surface area contributed by atoms with Crippen molar-refractivity contribution in [2.24, 2.45) is 0 Å². The minimum atomic E-state index is -1.56. The summed E-state index contributed by atoms with van der Waals surface area (Å²) in [6, 6.07) is 3.53. The Kier molecular flexibility index (Phi) is 5.18. The number of aromatic nitrogens is 3. The molecule has 1 aliphatic heterocycles. The lowest BCUT2D eigenvalue weighted by atomic mass is 10.2. The van der Waals surface area contributed by atoms with Gasteiger partial charge in [0, 0.05) is 31.8 Å². The number of carboxylic acid groups (broad SMARTS) is 1. The number of nitrogens with zero attached hydrogens (tertiary/aromatic N) is 4. The molecule has 2 N–H and O–H groups in total. The van der Waals surface area contributed by atoms with Gasteiger partial charge in [-0.1, -0.05) is 0 Å². The van der Waals surface area contributed by atoms with Crippen LogP contribution in [0.15, 0.2) is 34.7 Å². The third kappa shape index (κ3) is 3.55. The van der Waals surface area contributed by atoms with Crippen LogP contribution in [-0.4, -0.2) is 65.2 Å². The number of ether oxygens (including phenoxy) is 2. The fraction of sp³-hybridized carbons (Fsp3) is 0.333. The van der Waals surface area contributed by atoms with Crippen LogP contribution in [0.4, 0.5) is 10.6 Å². The molecule has 1 aliphatic rings. The van der Waals surface area contributed by atoms with Crippen molar-refractivity contribution in [1.29, 1.82) is 0 Å². The van der Waals surface area contributed by atoms with E-state index in [-0.39, 0.29) is 23.3 Å². The zero-order valence-electron chi connectivity index (χ0n) is 15.7. The van der Waals surface area contributed by atoms with E-state index in [9.17, 15) is 9.59 Å². The molecule has 11 heteroatoms. The van der Waals surface area contributed by atoms with Crippen LogP contribution in [0, 0.1) is 0 Å². The maximum atomic E-state index is 12.7. The van der Waals surface area contributed by atoms with Crippen molar-refractivity contribution in [3.8, 4) is 10.9 Å². The molecule has 0 amide bonds. The molecule has 29 heavy (non-hydrogen) atoms. The van der Waals surface area contributed by atoms with Crippen molar-refractivity contribution in [3.63, 3.8) is 0 Å². The number of pyridine rings is 2. The first kappa shape index (κ1) is 19.3. The molecule has 3 aromatic heterocycles. The molecule has 4 rings (SSSR count). The molecule has 2 unspecified atom stereocenters. The van der Waals surface area contributed by atoms with Crippen LogP contribution in [0.25, 0.3) is 16.2 Å². The normalized spacial score (nSPS) is 19.0. The van der Waals surface area contributed by atoms with E-state index in [1.54, 1.807) is 35.4 Å². The van der Waals surface area contributed by atoms with Gasteiger partial charge in [0.05, 0.1) is 23.7 Å². The van der Waals surface area contributed by atoms with Crippen molar-refractivity contribution in [2.45, 2.75) is 12.1 Å². The summed E-state index contributed by atoms with van der Waals surface area (Å²) >= 11 is 1.33. The predicted molar refractivity (Wildman–Crippen MR) is 108 cm³/mol. The van der Waals surface area contributed by atoms with E-state index in [0.29, 0.717) is 29.7 Å². The highest BCUT2D eigenvalue weighted by molar-refractivity contribution is 7.12. The largest absolute Gasteiger partial charge is 0.511 e. The smallest absolute Gasteiger partial charge is 0.449 e. The summed E-state index contributed by atoms with van der Waals surface area (Å²) in [5, 5.41) is 14.8. The third-order valence-electron chi connectivity index (χ3n) is 4.89. The Morgan fingerprint density at radius 3 is 2.83 bits per heavy atom. The van der Waals surface area contributed by atoms with Gasteiger partial charge in [0.2, 0.25) is 5.43 Å². The molecule has 0 bridgehead atoms. The van der Waals surface area contributed by atoms with E-state index < -0.39 is 11.6 Å². The van der Waals surface area contributed by atoms with Crippen LogP contribution in [0.5, 0.6) is 5.75 Å². The summed E-state index contributed by atoms with van der Waals surface area (Å²) in [7, 11) is 3.56. The van der Waals surface area contributed by atoms with Crippen LogP contribution >= 0.6 is 11.3 Å². The summed E-state index contributed by atoms with van der Waals surface area (Å²) in [6.07, 6.45) is 1.39. The Labute approximate surface area is 169 Å². The summed E-state index contributed by atoms with van der Waals surface area (Å²) < 4.78 is 11.8. The Morgan fingerprint density at radius 1 is 1.38 bits per heavy atom. The summed E-state index contributed by atoms with van der Waals surface area (Å²) in [6.45, 7) is 1.36. The molecule has 0 aliphatic carbocycles. The summed E-state index contributed by atoms with van der Waals surface area (Å²) in [4.78, 5) is 34.7. The van der Waals surface area contributed by atoms with Crippen molar-refractivity contribution >= 4 is 34.3 Å². The molecule has 2 atom stereocenters. The fourth-order valence-electron chi connectivity index (χ4n) is 3.47. The van der Waals surface area contributed by atoms with Crippen molar-refractivity contribution in [3.05, 3.63) is 40.1 Å². The van der Waals surface area contributed by atoms with E-state index in [4.69, 9.17) is 14.8 Å². The average Bonchev–Trinajstić information content (AvgIpc) is 3.39. The molecule has 0 spiro atoms. The molecule has 152 valence electrons. The van der Waals surface area contributed by atoms with Gasteiger partial charge in [0.25, 0.3) is 0 Å². The standard InChI is InChI=1S/C18H19N5O5S/c1-19-11-7-22(8-12(11)27-2)14-4-3-10-15(24)13(28-18(25)26)9-23(16(10)21-14)17-20-5-6-29-17/h3-6,9,11-12,19H,7-8H2,1-2H3,(H,25,26). The Bertz CT molecular complexity index is 1090. The highest BCUT2D eigenvalue weighted by Gasteiger charge is 2.32. The first-order valence-corrected chi connectivity index (χ1v) is 9.72. The lowest BCUT2D eigenvalue weighted by molar-refractivity contribution is 0.0996. The topological polar surface area (TPSA) is 119 Å². The third-order valence-corrected chi connectivity index (χ3v) is 5.66.